The molecular formula is C31H36N4O3S. The Balaban J connectivity index is 1.32. The topological polar surface area (TPSA) is 65.5 Å². The summed E-state index contributed by atoms with van der Waals surface area (Å²) in [5, 5.41) is 2.79. The smallest absolute Gasteiger partial charge is 0.338 e. The average molecular weight is 545 g/mol. The lowest BCUT2D eigenvalue weighted by molar-refractivity contribution is -0.143. The second-order valence-corrected chi connectivity index (χ2v) is 11.4. The van der Waals surface area contributed by atoms with Gasteiger partial charge < -0.3 is 14.5 Å². The van der Waals surface area contributed by atoms with Gasteiger partial charge in [0.1, 0.15) is 0 Å². The highest BCUT2D eigenvalue weighted by Crippen LogP contribution is 2.45. The summed E-state index contributed by atoms with van der Waals surface area (Å²) in [6.45, 7) is 11.6. The number of thioether (sulfide) groups is 1. The first kappa shape index (κ1) is 27.2. The number of hydrogen-bond donors (Lipinski definition) is 0. The van der Waals surface area contributed by atoms with Gasteiger partial charge in [-0.25, -0.2) is 9.79 Å². The van der Waals surface area contributed by atoms with Gasteiger partial charge in [0.2, 0.25) is 5.91 Å². The van der Waals surface area contributed by atoms with Crippen LogP contribution in [-0.2, 0) is 20.9 Å². The highest BCUT2D eigenvalue weighted by atomic mass is 32.2. The van der Waals surface area contributed by atoms with Gasteiger partial charge in [0.05, 0.1) is 29.8 Å². The largest absolute Gasteiger partial charge is 0.459 e. The molecule has 2 aromatic carbocycles. The molecule has 1 atom stereocenters. The summed E-state index contributed by atoms with van der Waals surface area (Å²) in [6, 6.07) is 18.2. The van der Waals surface area contributed by atoms with E-state index in [1.165, 1.54) is 17.3 Å². The number of hydrogen-bond acceptors (Lipinski definition) is 7. The van der Waals surface area contributed by atoms with Crippen LogP contribution in [0.1, 0.15) is 49.9 Å². The number of allylic oxidation sites excluding steroid dienone is 1. The van der Waals surface area contributed by atoms with Crippen molar-refractivity contribution in [1.29, 1.82) is 0 Å². The third-order valence-electron chi connectivity index (χ3n) is 7.26. The lowest BCUT2D eigenvalue weighted by atomic mass is 9.93. The number of aliphatic imine (C=N–C) groups is 1. The molecule has 3 aliphatic rings. The maximum absolute atomic E-state index is 13.5. The monoisotopic (exact) mass is 544 g/mol. The third kappa shape index (κ3) is 6.12. The van der Waals surface area contributed by atoms with E-state index in [1.54, 1.807) is 0 Å². The van der Waals surface area contributed by atoms with Crippen LogP contribution in [0, 0.1) is 6.92 Å². The Morgan fingerprint density at radius 3 is 2.36 bits per heavy atom. The fourth-order valence-corrected chi connectivity index (χ4v) is 6.20. The molecule has 7 nitrogen and oxygen atoms in total. The molecule has 3 aliphatic heterocycles. The Morgan fingerprint density at radius 1 is 1.00 bits per heavy atom. The Morgan fingerprint density at radius 2 is 1.69 bits per heavy atom. The Labute approximate surface area is 235 Å². The zero-order chi connectivity index (χ0) is 27.5. The summed E-state index contributed by atoms with van der Waals surface area (Å²) in [4.78, 5) is 38.0. The van der Waals surface area contributed by atoms with Crippen molar-refractivity contribution in [2.45, 2.75) is 52.8 Å². The Hall–Kier alpha value is -3.36. The number of aryl methyl sites for hydroxylation is 1. The summed E-state index contributed by atoms with van der Waals surface area (Å²) in [5.41, 5.74) is 5.44. The molecule has 39 heavy (non-hydrogen) atoms. The highest BCUT2D eigenvalue weighted by molar-refractivity contribution is 8.16. The van der Waals surface area contributed by atoms with Gasteiger partial charge in [-0.05, 0) is 44.2 Å². The van der Waals surface area contributed by atoms with Crippen LogP contribution in [0.25, 0.3) is 0 Å². The number of benzene rings is 2. The van der Waals surface area contributed by atoms with Crippen molar-refractivity contribution in [3.63, 3.8) is 0 Å². The van der Waals surface area contributed by atoms with Gasteiger partial charge in [0.25, 0.3) is 0 Å². The molecule has 0 radical (unpaired) electrons. The predicted octanol–water partition coefficient (Wildman–Crippen LogP) is 5.26. The van der Waals surface area contributed by atoms with E-state index >= 15 is 0 Å². The van der Waals surface area contributed by atoms with Crippen LogP contribution in [0.2, 0.25) is 0 Å². The molecule has 0 aliphatic carbocycles. The van der Waals surface area contributed by atoms with Crippen LogP contribution < -0.4 is 0 Å². The van der Waals surface area contributed by atoms with Crippen LogP contribution in [0.3, 0.4) is 0 Å². The first-order valence-corrected chi connectivity index (χ1v) is 14.4. The summed E-state index contributed by atoms with van der Waals surface area (Å²) in [6.07, 6.45) is 0.0190. The minimum Gasteiger partial charge on any atom is -0.459 e. The van der Waals surface area contributed by atoms with Gasteiger partial charge in [-0.2, -0.15) is 0 Å². The van der Waals surface area contributed by atoms with Crippen molar-refractivity contribution in [1.82, 2.24) is 14.7 Å². The first-order valence-electron chi connectivity index (χ1n) is 13.6. The number of fused-ring (bicyclic) bond motifs is 1. The minimum atomic E-state index is -0.402. The molecule has 0 saturated carbocycles. The number of ether oxygens (including phenoxy) is 1. The van der Waals surface area contributed by atoms with E-state index in [9.17, 15) is 9.59 Å². The second kappa shape index (κ2) is 11.8. The summed E-state index contributed by atoms with van der Waals surface area (Å²) < 4.78 is 5.65. The van der Waals surface area contributed by atoms with Crippen LogP contribution in [0.5, 0.6) is 0 Å². The Kier molecular flexibility index (Phi) is 8.23. The van der Waals surface area contributed by atoms with Gasteiger partial charge in [-0.1, -0.05) is 71.9 Å². The number of piperazine rings is 1. The van der Waals surface area contributed by atoms with Crippen molar-refractivity contribution >= 4 is 28.8 Å². The summed E-state index contributed by atoms with van der Waals surface area (Å²) >= 11 is 1.51. The van der Waals surface area contributed by atoms with E-state index in [-0.39, 0.29) is 24.4 Å². The number of carbonyl (C=O) groups is 2. The maximum atomic E-state index is 13.5. The standard InChI is InChI=1S/C31H36N4O3S/c1-21(2)38-30(37)28-23(4)32-31-35(29(28)25-12-10-22(3)11-13-25)26(20-39-31)18-27(36)34-16-14-33(15-17-34)19-24-8-6-5-7-9-24/h5-13,20-21,29H,14-19H2,1-4H3. The van der Waals surface area contributed by atoms with Crippen molar-refractivity contribution < 1.29 is 14.3 Å². The molecule has 0 bridgehead atoms. The lowest BCUT2D eigenvalue weighted by Crippen LogP contribution is -2.48. The van der Waals surface area contributed by atoms with E-state index in [0.29, 0.717) is 24.4 Å². The van der Waals surface area contributed by atoms with Gasteiger partial charge in [0.15, 0.2) is 5.17 Å². The fraction of sp³-hybridized carbons (Fsp3) is 0.387. The number of esters is 1. The van der Waals surface area contributed by atoms with E-state index < -0.39 is 6.04 Å². The minimum absolute atomic E-state index is 0.0997. The quantitative estimate of drug-likeness (QED) is 0.444. The summed E-state index contributed by atoms with van der Waals surface area (Å²) in [7, 11) is 0. The predicted molar refractivity (Wildman–Crippen MR) is 156 cm³/mol. The van der Waals surface area contributed by atoms with Crippen LogP contribution >= 0.6 is 11.8 Å². The molecule has 0 N–H and O–H groups in total. The number of nitrogens with zero attached hydrogens (tertiary/aromatic N) is 4. The van der Waals surface area contributed by atoms with Crippen LogP contribution in [0.15, 0.2) is 82.0 Å². The van der Waals surface area contributed by atoms with Gasteiger partial charge >= 0.3 is 5.97 Å². The molecule has 1 amide bonds. The molecule has 3 heterocycles. The number of amides is 1. The molecule has 1 saturated heterocycles. The SMILES string of the molecule is CC1=C(C(=O)OC(C)C)C(c2ccc(C)cc2)N2C(CC(=O)N3CCN(Cc4ccccc4)CC3)=CSC2=N1. The van der Waals surface area contributed by atoms with Crippen LogP contribution in [0.4, 0.5) is 0 Å². The van der Waals surface area contributed by atoms with Crippen molar-refractivity contribution in [3.05, 3.63) is 93.7 Å². The maximum Gasteiger partial charge on any atom is 0.338 e. The van der Waals surface area contributed by atoms with E-state index in [1.807, 2.05) is 68.3 Å². The van der Waals surface area contributed by atoms with Gasteiger partial charge in [-0.3, -0.25) is 9.69 Å². The molecule has 2 aromatic rings. The first-order chi connectivity index (χ1) is 18.8. The summed E-state index contributed by atoms with van der Waals surface area (Å²) in [5.74, 6) is -0.268. The third-order valence-corrected chi connectivity index (χ3v) is 8.15. The van der Waals surface area contributed by atoms with Crippen molar-refractivity contribution in [2.24, 2.45) is 4.99 Å². The average Bonchev–Trinajstić information content (AvgIpc) is 3.30. The molecule has 1 unspecified atom stereocenters. The van der Waals surface area contributed by atoms with E-state index in [4.69, 9.17) is 9.73 Å². The number of carbonyl (C=O) groups excluding carboxylic acids is 2. The van der Waals surface area contributed by atoms with Crippen LogP contribution in [-0.4, -0.2) is 64.0 Å². The lowest BCUT2D eigenvalue weighted by Gasteiger charge is -2.38. The van der Waals surface area contributed by atoms with Crippen molar-refractivity contribution in [3.8, 4) is 0 Å². The molecule has 8 heteroatoms. The second-order valence-electron chi connectivity index (χ2n) is 10.6. The van der Waals surface area contributed by atoms with Gasteiger partial charge in [0, 0.05) is 38.4 Å². The number of amidine groups is 1. The fourth-order valence-electron chi connectivity index (χ4n) is 5.24. The molecule has 0 aromatic heterocycles. The molecule has 0 spiro atoms. The molecule has 5 rings (SSSR count). The Bertz CT molecular complexity index is 1310. The molecule has 1 fully saturated rings. The van der Waals surface area contributed by atoms with E-state index in [0.717, 1.165) is 41.6 Å². The highest BCUT2D eigenvalue weighted by Gasteiger charge is 2.41. The van der Waals surface area contributed by atoms with Gasteiger partial charge in [-0.15, -0.1) is 0 Å². The van der Waals surface area contributed by atoms with Crippen molar-refractivity contribution in [2.75, 3.05) is 26.2 Å². The zero-order valence-corrected chi connectivity index (χ0v) is 23.9. The molecule has 204 valence electrons. The molecular weight excluding hydrogens is 508 g/mol. The normalized spacial score (nSPS) is 19.7. The zero-order valence-electron chi connectivity index (χ0n) is 23.1. The number of rotatable bonds is 7. The van der Waals surface area contributed by atoms with E-state index in [2.05, 4.69) is 34.1 Å².